The van der Waals surface area contributed by atoms with Crippen molar-refractivity contribution in [2.24, 2.45) is 5.73 Å². The zero-order valence-corrected chi connectivity index (χ0v) is 15.0. The van der Waals surface area contributed by atoms with Crippen LogP contribution >= 0.6 is 0 Å². The summed E-state index contributed by atoms with van der Waals surface area (Å²) in [7, 11) is 1.16. The van der Waals surface area contributed by atoms with E-state index in [2.05, 4.69) is 11.7 Å². The third-order valence-corrected chi connectivity index (χ3v) is 4.09. The molecule has 6 heteroatoms. The third-order valence-electron chi connectivity index (χ3n) is 4.09. The summed E-state index contributed by atoms with van der Waals surface area (Å²) in [6, 6.07) is 0. The predicted molar refractivity (Wildman–Crippen MR) is 93.4 cm³/mol. The van der Waals surface area contributed by atoms with Crippen LogP contribution < -0.4 is 5.73 Å². The van der Waals surface area contributed by atoms with E-state index in [1.165, 1.54) is 12.8 Å². The third kappa shape index (κ3) is 8.57. The van der Waals surface area contributed by atoms with Gasteiger partial charge in [-0.2, -0.15) is 0 Å². The molecule has 0 aromatic rings. The average Bonchev–Trinajstić information content (AvgIpc) is 2.59. The number of esters is 1. The van der Waals surface area contributed by atoms with Gasteiger partial charge in [-0.1, -0.05) is 38.3 Å². The number of methoxy groups -OCH3 is 1. The molecule has 6 nitrogen and oxygen atoms in total. The Morgan fingerprint density at radius 1 is 1.17 bits per heavy atom. The molecule has 0 aromatic carbocycles. The minimum Gasteiger partial charge on any atom is -0.468 e. The Balaban J connectivity index is 3.96. The molecular weight excluding hydrogens is 310 g/mol. The number of rotatable bonds is 14. The zero-order chi connectivity index (χ0) is 18.4. The highest BCUT2D eigenvalue weighted by molar-refractivity contribution is 5.81. The van der Waals surface area contributed by atoms with Gasteiger partial charge in [0, 0.05) is 12.8 Å². The topological polar surface area (TPSA) is 110 Å². The summed E-state index contributed by atoms with van der Waals surface area (Å²) in [4.78, 5) is 23.2. The van der Waals surface area contributed by atoms with Gasteiger partial charge in [0.05, 0.1) is 19.8 Å². The first-order valence-corrected chi connectivity index (χ1v) is 8.75. The number of aliphatic hydroxyl groups is 2. The van der Waals surface area contributed by atoms with Gasteiger partial charge in [-0.05, 0) is 25.7 Å². The molecule has 0 aliphatic rings. The van der Waals surface area contributed by atoms with Crippen molar-refractivity contribution in [1.29, 1.82) is 0 Å². The lowest BCUT2D eigenvalue weighted by molar-refractivity contribution is -0.154. The van der Waals surface area contributed by atoms with E-state index in [0.717, 1.165) is 20.0 Å². The molecule has 0 aromatic heterocycles. The van der Waals surface area contributed by atoms with E-state index in [1.54, 1.807) is 0 Å². The second-order valence-electron chi connectivity index (χ2n) is 6.14. The quantitative estimate of drug-likeness (QED) is 0.252. The number of hydrogen-bond acceptors (Lipinski definition) is 6. The molecule has 0 unspecified atom stereocenters. The Bertz CT molecular complexity index is 397. The molecule has 0 bridgehead atoms. The highest BCUT2D eigenvalue weighted by atomic mass is 16.5. The van der Waals surface area contributed by atoms with Gasteiger partial charge in [0.2, 0.25) is 0 Å². The van der Waals surface area contributed by atoms with Crippen LogP contribution in [0, 0.1) is 0 Å². The first-order chi connectivity index (χ1) is 11.4. The van der Waals surface area contributed by atoms with E-state index in [4.69, 9.17) is 5.73 Å². The molecule has 0 rings (SSSR count). The van der Waals surface area contributed by atoms with Crippen molar-refractivity contribution in [1.82, 2.24) is 0 Å². The van der Waals surface area contributed by atoms with E-state index in [1.807, 2.05) is 12.2 Å². The molecule has 0 heterocycles. The van der Waals surface area contributed by atoms with Crippen LogP contribution in [0.5, 0.6) is 0 Å². The lowest BCUT2D eigenvalue weighted by atomic mass is 9.91. The fourth-order valence-corrected chi connectivity index (χ4v) is 2.36. The number of carbonyl (C=O) groups excluding carboxylic acids is 2. The van der Waals surface area contributed by atoms with Crippen molar-refractivity contribution < 1.29 is 24.5 Å². The van der Waals surface area contributed by atoms with Gasteiger partial charge in [-0.3, -0.25) is 4.79 Å². The lowest BCUT2D eigenvalue weighted by Gasteiger charge is -2.29. The van der Waals surface area contributed by atoms with Crippen LogP contribution in [0.3, 0.4) is 0 Å². The van der Waals surface area contributed by atoms with Gasteiger partial charge in [-0.25, -0.2) is 4.79 Å². The van der Waals surface area contributed by atoms with Gasteiger partial charge in [-0.15, -0.1) is 0 Å². The van der Waals surface area contributed by atoms with Crippen molar-refractivity contribution in [2.75, 3.05) is 13.7 Å². The monoisotopic (exact) mass is 343 g/mol. The number of ether oxygens (including phenoxy) is 1. The second-order valence-corrected chi connectivity index (χ2v) is 6.14. The normalized spacial score (nSPS) is 15.2. The number of ketones is 1. The number of hydrogen-bond donors (Lipinski definition) is 3. The van der Waals surface area contributed by atoms with Gasteiger partial charge in [0.25, 0.3) is 0 Å². The standard InChI is InChI=1S/C18H33NO5/c1-3-4-5-8-11-15(21)12-9-6-7-10-13-16(22)18(19,14-20)17(23)24-2/h6-7,16,20,22H,3-5,8-14,19H2,1-2H3/b7-6+/t16-,18+/m1/s1. The summed E-state index contributed by atoms with van der Waals surface area (Å²) in [6.45, 7) is 1.46. The van der Waals surface area contributed by atoms with E-state index < -0.39 is 24.2 Å². The molecule has 4 N–H and O–H groups in total. The first-order valence-electron chi connectivity index (χ1n) is 8.75. The first kappa shape index (κ1) is 22.8. The summed E-state index contributed by atoms with van der Waals surface area (Å²) in [6.07, 6.45) is 9.56. The van der Waals surface area contributed by atoms with E-state index in [-0.39, 0.29) is 12.2 Å². The maximum atomic E-state index is 11.7. The number of nitrogens with two attached hydrogens (primary N) is 1. The van der Waals surface area contributed by atoms with Crippen molar-refractivity contribution in [3.05, 3.63) is 12.2 Å². The summed E-state index contributed by atoms with van der Waals surface area (Å²) in [5.41, 5.74) is 3.91. The molecular formula is C18H33NO5. The van der Waals surface area contributed by atoms with Crippen LogP contribution in [-0.2, 0) is 14.3 Å². The molecule has 0 aliphatic heterocycles. The Morgan fingerprint density at radius 3 is 2.42 bits per heavy atom. The molecule has 140 valence electrons. The minimum atomic E-state index is -1.79. The summed E-state index contributed by atoms with van der Waals surface area (Å²) < 4.78 is 4.51. The highest BCUT2D eigenvalue weighted by Crippen LogP contribution is 2.15. The Labute approximate surface area is 145 Å². The number of allylic oxidation sites excluding steroid dienone is 2. The fourth-order valence-electron chi connectivity index (χ4n) is 2.36. The second kappa shape index (κ2) is 13.1. The molecule has 0 aliphatic carbocycles. The van der Waals surface area contributed by atoms with Crippen LogP contribution in [0.25, 0.3) is 0 Å². The van der Waals surface area contributed by atoms with Gasteiger partial charge in [0.1, 0.15) is 5.78 Å². The number of carbonyl (C=O) groups is 2. The molecule has 0 spiro atoms. The largest absolute Gasteiger partial charge is 0.468 e. The molecule has 0 radical (unpaired) electrons. The summed E-state index contributed by atoms with van der Waals surface area (Å²) in [5, 5.41) is 19.2. The van der Waals surface area contributed by atoms with Crippen molar-refractivity contribution in [3.63, 3.8) is 0 Å². The van der Waals surface area contributed by atoms with Crippen LogP contribution in [0.2, 0.25) is 0 Å². The predicted octanol–water partition coefficient (Wildman–Crippen LogP) is 1.87. The van der Waals surface area contributed by atoms with E-state index >= 15 is 0 Å². The highest BCUT2D eigenvalue weighted by Gasteiger charge is 2.41. The molecule has 24 heavy (non-hydrogen) atoms. The molecule has 0 fully saturated rings. The molecule has 0 amide bonds. The zero-order valence-electron chi connectivity index (χ0n) is 15.0. The Kier molecular flexibility index (Phi) is 12.4. The van der Waals surface area contributed by atoms with Crippen LogP contribution in [0.15, 0.2) is 12.2 Å². The SMILES string of the molecule is CCCCCCC(=O)CC/C=C/CC[C@@H](O)[C@@](N)(CO)C(=O)OC. The lowest BCUT2D eigenvalue weighted by Crippen LogP contribution is -2.60. The summed E-state index contributed by atoms with van der Waals surface area (Å²) in [5.74, 6) is -0.558. The van der Waals surface area contributed by atoms with E-state index in [9.17, 15) is 19.8 Å². The van der Waals surface area contributed by atoms with E-state index in [0.29, 0.717) is 25.7 Å². The molecule has 0 saturated heterocycles. The maximum Gasteiger partial charge on any atom is 0.330 e. The van der Waals surface area contributed by atoms with Crippen molar-refractivity contribution >= 4 is 11.8 Å². The van der Waals surface area contributed by atoms with Gasteiger partial charge >= 0.3 is 5.97 Å². The van der Waals surface area contributed by atoms with Crippen molar-refractivity contribution in [3.8, 4) is 0 Å². The van der Waals surface area contributed by atoms with Crippen LogP contribution in [0.4, 0.5) is 0 Å². The van der Waals surface area contributed by atoms with Gasteiger partial charge in [0.15, 0.2) is 5.54 Å². The number of Topliss-reactive ketones (excluding diaryl/α,β-unsaturated/α-hetero) is 1. The fraction of sp³-hybridized carbons (Fsp3) is 0.778. The van der Waals surface area contributed by atoms with Gasteiger partial charge < -0.3 is 20.7 Å². The molecule has 0 saturated carbocycles. The van der Waals surface area contributed by atoms with Crippen LogP contribution in [-0.4, -0.2) is 47.3 Å². The maximum absolute atomic E-state index is 11.7. The minimum absolute atomic E-state index is 0.230. The number of aliphatic hydroxyl groups excluding tert-OH is 2. The smallest absolute Gasteiger partial charge is 0.330 e. The Hall–Kier alpha value is -1.24. The van der Waals surface area contributed by atoms with Crippen LogP contribution in [0.1, 0.15) is 64.7 Å². The summed E-state index contributed by atoms with van der Waals surface area (Å²) >= 11 is 0. The molecule has 2 atom stereocenters. The Morgan fingerprint density at radius 2 is 1.83 bits per heavy atom. The van der Waals surface area contributed by atoms with Crippen molar-refractivity contribution in [2.45, 2.75) is 76.4 Å². The average molecular weight is 343 g/mol. The number of unbranched alkanes of at least 4 members (excludes halogenated alkanes) is 3.